The van der Waals surface area contributed by atoms with E-state index in [2.05, 4.69) is 56.9 Å². The van der Waals surface area contributed by atoms with Crippen molar-refractivity contribution in [2.24, 2.45) is 0 Å². The first kappa shape index (κ1) is 19.6. The Hall–Kier alpha value is -2.18. The van der Waals surface area contributed by atoms with Gasteiger partial charge in [0.1, 0.15) is 18.1 Å². The Labute approximate surface area is 166 Å². The Bertz CT molecular complexity index is 988. The Morgan fingerprint density at radius 2 is 1.48 bits per heavy atom. The summed E-state index contributed by atoms with van der Waals surface area (Å²) in [4.78, 5) is 0. The molecule has 0 amide bonds. The van der Waals surface area contributed by atoms with E-state index in [-0.39, 0.29) is 0 Å². The highest BCUT2D eigenvalue weighted by molar-refractivity contribution is 7.26. The number of hydrogen-bond acceptors (Lipinski definition) is 3. The molecule has 0 saturated carbocycles. The first-order valence-corrected chi connectivity index (χ1v) is 10.6. The summed E-state index contributed by atoms with van der Waals surface area (Å²) in [6, 6.07) is 8.56. The largest absolute Gasteiger partial charge is 0.493 e. The van der Waals surface area contributed by atoms with Crippen molar-refractivity contribution in [1.82, 2.24) is 0 Å². The van der Waals surface area contributed by atoms with Crippen molar-refractivity contribution in [2.45, 2.75) is 53.4 Å². The molecule has 142 valence electrons. The van der Waals surface area contributed by atoms with Crippen LogP contribution >= 0.6 is 11.3 Å². The van der Waals surface area contributed by atoms with Crippen LogP contribution in [-0.4, -0.2) is 13.2 Å². The number of ether oxygens (including phenoxy) is 2. The molecule has 0 spiro atoms. The summed E-state index contributed by atoms with van der Waals surface area (Å²) in [6.45, 7) is 9.60. The van der Waals surface area contributed by atoms with Gasteiger partial charge in [-0.15, -0.1) is 17.3 Å². The van der Waals surface area contributed by atoms with E-state index in [0.29, 0.717) is 6.61 Å². The summed E-state index contributed by atoms with van der Waals surface area (Å²) in [5, 5.41) is 2.59. The summed E-state index contributed by atoms with van der Waals surface area (Å²) in [5.74, 6) is 7.76. The molecule has 0 atom stereocenters. The lowest BCUT2D eigenvalue weighted by atomic mass is 10.1. The van der Waals surface area contributed by atoms with Crippen LogP contribution in [0.25, 0.3) is 20.2 Å². The normalized spacial score (nSPS) is 10.8. The summed E-state index contributed by atoms with van der Waals surface area (Å²) < 4.78 is 14.5. The summed E-state index contributed by atoms with van der Waals surface area (Å²) in [6.07, 6.45) is 4.90. The maximum Gasteiger partial charge on any atom is 0.149 e. The van der Waals surface area contributed by atoms with Gasteiger partial charge in [0.05, 0.1) is 6.61 Å². The lowest BCUT2D eigenvalue weighted by Gasteiger charge is -2.09. The molecule has 3 aromatic rings. The topological polar surface area (TPSA) is 18.5 Å². The van der Waals surface area contributed by atoms with Crippen LogP contribution in [0.3, 0.4) is 0 Å². The molecule has 3 rings (SSSR count). The monoisotopic (exact) mass is 380 g/mol. The van der Waals surface area contributed by atoms with Crippen LogP contribution in [0.4, 0.5) is 0 Å². The Kier molecular flexibility index (Phi) is 6.63. The van der Waals surface area contributed by atoms with Crippen molar-refractivity contribution < 1.29 is 9.47 Å². The van der Waals surface area contributed by atoms with Crippen molar-refractivity contribution in [3.05, 3.63) is 35.4 Å². The van der Waals surface area contributed by atoms with Crippen LogP contribution in [-0.2, 0) is 0 Å². The molecule has 3 heteroatoms. The second kappa shape index (κ2) is 9.15. The van der Waals surface area contributed by atoms with Gasteiger partial charge in [-0.3, -0.25) is 0 Å². The SMILES string of the molecule is CC#CCOc1ccc2c(sc3c(C)c(OCCCCCC)ccc32)c1C. The van der Waals surface area contributed by atoms with Gasteiger partial charge in [0.25, 0.3) is 0 Å². The second-order valence-electron chi connectivity index (χ2n) is 6.86. The maximum absolute atomic E-state index is 6.07. The third-order valence-electron chi connectivity index (χ3n) is 4.94. The lowest BCUT2D eigenvalue weighted by molar-refractivity contribution is 0.303. The number of fused-ring (bicyclic) bond motifs is 3. The van der Waals surface area contributed by atoms with Gasteiger partial charge in [0.2, 0.25) is 0 Å². The van der Waals surface area contributed by atoms with E-state index in [1.165, 1.54) is 50.6 Å². The molecular weight excluding hydrogens is 352 g/mol. The van der Waals surface area contributed by atoms with Gasteiger partial charge in [-0.1, -0.05) is 32.1 Å². The van der Waals surface area contributed by atoms with E-state index in [0.717, 1.165) is 24.5 Å². The fourth-order valence-corrected chi connectivity index (χ4v) is 4.63. The first-order chi connectivity index (χ1) is 13.2. The molecule has 0 bridgehead atoms. The van der Waals surface area contributed by atoms with Gasteiger partial charge in [-0.2, -0.15) is 0 Å². The summed E-state index contributed by atoms with van der Waals surface area (Å²) >= 11 is 1.83. The fraction of sp³-hybridized carbons (Fsp3) is 0.417. The molecule has 0 aliphatic carbocycles. The zero-order chi connectivity index (χ0) is 19.2. The van der Waals surface area contributed by atoms with E-state index in [1.54, 1.807) is 0 Å². The van der Waals surface area contributed by atoms with Gasteiger partial charge in [-0.25, -0.2) is 0 Å². The van der Waals surface area contributed by atoms with E-state index in [9.17, 15) is 0 Å². The molecule has 2 aromatic carbocycles. The molecule has 0 aliphatic heterocycles. The highest BCUT2D eigenvalue weighted by atomic mass is 32.1. The minimum absolute atomic E-state index is 0.433. The molecule has 0 N–H and O–H groups in total. The molecule has 0 saturated heterocycles. The molecule has 0 fully saturated rings. The first-order valence-electron chi connectivity index (χ1n) is 9.78. The predicted molar refractivity (Wildman–Crippen MR) is 117 cm³/mol. The molecule has 0 aliphatic rings. The minimum atomic E-state index is 0.433. The summed E-state index contributed by atoms with van der Waals surface area (Å²) in [5.41, 5.74) is 2.43. The van der Waals surface area contributed by atoms with Crippen molar-refractivity contribution >= 4 is 31.5 Å². The molecule has 1 heterocycles. The minimum Gasteiger partial charge on any atom is -0.493 e. The van der Waals surface area contributed by atoms with Crippen LogP contribution in [0, 0.1) is 25.7 Å². The van der Waals surface area contributed by atoms with Crippen LogP contribution in [0.15, 0.2) is 24.3 Å². The maximum atomic E-state index is 6.07. The van der Waals surface area contributed by atoms with E-state index < -0.39 is 0 Å². The highest BCUT2D eigenvalue weighted by Crippen LogP contribution is 2.42. The third kappa shape index (κ3) is 4.22. The van der Waals surface area contributed by atoms with E-state index >= 15 is 0 Å². The van der Waals surface area contributed by atoms with Crippen LogP contribution in [0.2, 0.25) is 0 Å². The van der Waals surface area contributed by atoms with Crippen molar-refractivity contribution in [2.75, 3.05) is 13.2 Å². The molecule has 1 aromatic heterocycles. The van der Waals surface area contributed by atoms with Gasteiger partial charge in [0.15, 0.2) is 0 Å². The zero-order valence-electron chi connectivity index (χ0n) is 16.8. The van der Waals surface area contributed by atoms with Crippen LogP contribution < -0.4 is 9.47 Å². The van der Waals surface area contributed by atoms with Crippen molar-refractivity contribution in [3.8, 4) is 23.3 Å². The summed E-state index contributed by atoms with van der Waals surface area (Å²) in [7, 11) is 0. The number of rotatable bonds is 8. The van der Waals surface area contributed by atoms with Crippen LogP contribution in [0.5, 0.6) is 11.5 Å². The third-order valence-corrected chi connectivity index (χ3v) is 6.40. The number of hydrogen-bond donors (Lipinski definition) is 0. The standard InChI is InChI=1S/C24H28O2S/c1-5-7-9-10-16-26-22-14-12-20-19-11-13-21(25-15-8-6-2)17(3)23(19)27-24(20)18(22)4/h11-14H,5,7,9-10,15-16H2,1-4H3. The molecular formula is C24H28O2S. The quantitative estimate of drug-likeness (QED) is 0.308. The number of unbranched alkanes of at least 4 members (excludes halogenated alkanes) is 3. The molecule has 0 radical (unpaired) electrons. The fourth-order valence-electron chi connectivity index (χ4n) is 3.35. The average Bonchev–Trinajstić information content (AvgIpc) is 3.06. The van der Waals surface area contributed by atoms with E-state index in [4.69, 9.17) is 9.47 Å². The van der Waals surface area contributed by atoms with Gasteiger partial charge in [0, 0.05) is 31.3 Å². The molecule has 0 unspecified atom stereocenters. The number of thiophene rings is 1. The van der Waals surface area contributed by atoms with Crippen LogP contribution in [0.1, 0.15) is 50.7 Å². The number of aryl methyl sites for hydroxylation is 2. The predicted octanol–water partition coefficient (Wildman–Crippen LogP) is 7.03. The van der Waals surface area contributed by atoms with E-state index in [1.807, 2.05) is 18.3 Å². The highest BCUT2D eigenvalue weighted by Gasteiger charge is 2.14. The molecule has 27 heavy (non-hydrogen) atoms. The zero-order valence-corrected chi connectivity index (χ0v) is 17.6. The lowest BCUT2D eigenvalue weighted by Crippen LogP contribution is -1.98. The Balaban J connectivity index is 1.89. The van der Waals surface area contributed by atoms with Gasteiger partial charge >= 0.3 is 0 Å². The van der Waals surface area contributed by atoms with Gasteiger partial charge in [-0.05, 0) is 51.5 Å². The average molecular weight is 381 g/mol. The Morgan fingerprint density at radius 3 is 2.07 bits per heavy atom. The van der Waals surface area contributed by atoms with Crippen molar-refractivity contribution in [3.63, 3.8) is 0 Å². The van der Waals surface area contributed by atoms with Gasteiger partial charge < -0.3 is 9.47 Å². The second-order valence-corrected chi connectivity index (χ2v) is 7.88. The Morgan fingerprint density at radius 1 is 0.852 bits per heavy atom. The number of benzene rings is 2. The molecule has 2 nitrogen and oxygen atoms in total. The van der Waals surface area contributed by atoms with Crippen molar-refractivity contribution in [1.29, 1.82) is 0 Å². The smallest absolute Gasteiger partial charge is 0.149 e.